The van der Waals surface area contributed by atoms with Gasteiger partial charge in [-0.2, -0.15) is 13.2 Å². The van der Waals surface area contributed by atoms with Gasteiger partial charge in [-0.1, -0.05) is 36.4 Å². The van der Waals surface area contributed by atoms with Crippen molar-refractivity contribution in [2.24, 2.45) is 0 Å². The Hall–Kier alpha value is -3.09. The fourth-order valence-electron chi connectivity index (χ4n) is 2.66. The first-order valence-corrected chi connectivity index (χ1v) is 7.92. The van der Waals surface area contributed by atoms with Gasteiger partial charge in [0, 0.05) is 17.1 Å². The van der Waals surface area contributed by atoms with Crippen LogP contribution in [0.2, 0.25) is 0 Å². The number of likely N-dealkylation sites (N-methyl/N-ethyl adjacent to an activating group) is 1. The molecular formula is C19H17F3N3O+. The van der Waals surface area contributed by atoms with Crippen LogP contribution in [0.15, 0.2) is 60.8 Å². The number of benzene rings is 2. The molecule has 0 radical (unpaired) electrons. The van der Waals surface area contributed by atoms with E-state index in [9.17, 15) is 18.0 Å². The summed E-state index contributed by atoms with van der Waals surface area (Å²) in [5, 5.41) is 4.78. The number of carbonyl (C=O) groups excluding carboxylic acids is 1. The molecule has 0 atom stereocenters. The number of rotatable bonds is 4. The summed E-state index contributed by atoms with van der Waals surface area (Å²) < 4.78 is 37.8. The maximum Gasteiger partial charge on any atom is 0.419 e. The van der Waals surface area contributed by atoms with E-state index in [0.717, 1.165) is 23.0 Å². The fourth-order valence-corrected chi connectivity index (χ4v) is 2.66. The number of aromatic nitrogens is 1. The lowest BCUT2D eigenvalue weighted by Gasteiger charge is -2.13. The summed E-state index contributed by atoms with van der Waals surface area (Å²) in [4.78, 5) is 16.4. The van der Waals surface area contributed by atoms with Crippen molar-refractivity contribution < 1.29 is 22.9 Å². The number of anilines is 2. The number of H-pyrrole nitrogens is 1. The lowest BCUT2D eigenvalue weighted by atomic mass is 10.1. The summed E-state index contributed by atoms with van der Waals surface area (Å²) in [5.74, 6) is 0.142. The summed E-state index contributed by atoms with van der Waals surface area (Å²) in [6.45, 7) is -0.00884. The van der Waals surface area contributed by atoms with Crippen molar-refractivity contribution in [3.8, 4) is 0 Å². The Balaban J connectivity index is 1.69. The normalized spacial score (nSPS) is 11.4. The van der Waals surface area contributed by atoms with Crippen molar-refractivity contribution in [3.63, 3.8) is 0 Å². The molecule has 134 valence electrons. The molecule has 7 heteroatoms. The minimum atomic E-state index is -4.40. The first kappa shape index (κ1) is 17.7. The predicted molar refractivity (Wildman–Crippen MR) is 93.8 cm³/mol. The molecule has 0 bridgehead atoms. The molecule has 0 spiro atoms. The third-order valence-electron chi connectivity index (χ3n) is 3.98. The second kappa shape index (κ2) is 7.03. The number of nitrogens with zero attached hydrogens (tertiary/aromatic N) is 1. The summed E-state index contributed by atoms with van der Waals surface area (Å²) in [6.07, 6.45) is -3.52. The highest BCUT2D eigenvalue weighted by molar-refractivity contribution is 6.03. The molecule has 1 amide bonds. The van der Waals surface area contributed by atoms with Crippen molar-refractivity contribution in [2.75, 3.05) is 23.8 Å². The van der Waals surface area contributed by atoms with Crippen molar-refractivity contribution >= 4 is 28.2 Å². The van der Waals surface area contributed by atoms with Gasteiger partial charge in [0.1, 0.15) is 6.20 Å². The first-order chi connectivity index (χ1) is 12.3. The van der Waals surface area contributed by atoms with Crippen LogP contribution in [0.4, 0.5) is 24.7 Å². The Bertz CT molecular complexity index is 918. The highest BCUT2D eigenvalue weighted by atomic mass is 19.4. The standard InChI is InChI=1S/C19H16F3N3O/c1-25(17-10-9-14(11-23-17)19(20,21)22)12-18(26)24-16-8-4-6-13-5-2-3-7-15(13)16/h2-11H,12H2,1H3,(H,24,26)/p+1. The predicted octanol–water partition coefficient (Wildman–Crippen LogP) is 3.75. The summed E-state index contributed by atoms with van der Waals surface area (Å²) in [5.41, 5.74) is -0.0762. The SMILES string of the molecule is CN(CC(=O)Nc1cccc2ccccc12)c1ccc(C(F)(F)F)c[nH+]1. The zero-order valence-electron chi connectivity index (χ0n) is 14.0. The smallest absolute Gasteiger partial charge is 0.322 e. The number of alkyl halides is 3. The van der Waals surface area contributed by atoms with Crippen LogP contribution in [0.1, 0.15) is 5.56 Å². The van der Waals surface area contributed by atoms with Gasteiger partial charge in [-0.05, 0) is 17.5 Å². The van der Waals surface area contributed by atoms with E-state index in [1.807, 2.05) is 42.5 Å². The molecule has 0 aliphatic carbocycles. The summed E-state index contributed by atoms with van der Waals surface area (Å²) >= 11 is 0. The second-order valence-electron chi connectivity index (χ2n) is 5.89. The monoisotopic (exact) mass is 360 g/mol. The largest absolute Gasteiger partial charge is 0.419 e. The number of pyridine rings is 1. The highest BCUT2D eigenvalue weighted by Gasteiger charge is 2.32. The molecular weight excluding hydrogens is 343 g/mol. The van der Waals surface area contributed by atoms with E-state index in [1.165, 1.54) is 6.07 Å². The van der Waals surface area contributed by atoms with Crippen LogP contribution in [0, 0.1) is 0 Å². The third-order valence-corrected chi connectivity index (χ3v) is 3.98. The minimum Gasteiger partial charge on any atom is -0.322 e. The average molecular weight is 360 g/mol. The van der Waals surface area contributed by atoms with E-state index < -0.39 is 11.7 Å². The second-order valence-corrected chi connectivity index (χ2v) is 5.89. The number of nitrogens with one attached hydrogen (secondary N) is 2. The third kappa shape index (κ3) is 3.93. The Morgan fingerprint density at radius 1 is 1.08 bits per heavy atom. The van der Waals surface area contributed by atoms with E-state index >= 15 is 0 Å². The number of carbonyl (C=O) groups is 1. The number of aromatic amines is 1. The molecule has 0 saturated carbocycles. The van der Waals surface area contributed by atoms with Crippen LogP contribution < -0.4 is 15.2 Å². The van der Waals surface area contributed by atoms with Crippen LogP contribution in [-0.4, -0.2) is 19.5 Å². The zero-order valence-corrected chi connectivity index (χ0v) is 14.0. The van der Waals surface area contributed by atoms with Crippen LogP contribution >= 0.6 is 0 Å². The van der Waals surface area contributed by atoms with Crippen LogP contribution in [0.5, 0.6) is 0 Å². The molecule has 0 aliphatic heterocycles. The van der Waals surface area contributed by atoms with Crippen LogP contribution in [0.25, 0.3) is 10.8 Å². The molecule has 3 rings (SSSR count). The molecule has 2 N–H and O–H groups in total. The Morgan fingerprint density at radius 2 is 1.81 bits per heavy atom. The number of hydrogen-bond donors (Lipinski definition) is 1. The van der Waals surface area contributed by atoms with Gasteiger partial charge >= 0.3 is 6.18 Å². The summed E-state index contributed by atoms with van der Waals surface area (Å²) in [6, 6.07) is 15.6. The van der Waals surface area contributed by atoms with Gasteiger partial charge in [0.05, 0.1) is 12.6 Å². The fraction of sp³-hybridized carbons (Fsp3) is 0.158. The minimum absolute atomic E-state index is 0.00884. The topological polar surface area (TPSA) is 46.5 Å². The molecule has 0 aliphatic rings. The van der Waals surface area contributed by atoms with E-state index in [4.69, 9.17) is 0 Å². The van der Waals surface area contributed by atoms with Crippen molar-refractivity contribution in [1.29, 1.82) is 0 Å². The molecule has 0 saturated heterocycles. The first-order valence-electron chi connectivity index (χ1n) is 7.92. The Kier molecular flexibility index (Phi) is 4.79. The molecule has 1 aromatic heterocycles. The number of fused-ring (bicyclic) bond motifs is 1. The molecule has 4 nitrogen and oxygen atoms in total. The highest BCUT2D eigenvalue weighted by Crippen LogP contribution is 2.28. The lowest BCUT2D eigenvalue weighted by molar-refractivity contribution is -0.367. The van der Waals surface area contributed by atoms with Gasteiger partial charge < -0.3 is 5.32 Å². The van der Waals surface area contributed by atoms with Crippen LogP contribution in [0.3, 0.4) is 0 Å². The number of halogens is 3. The molecule has 2 aromatic carbocycles. The van der Waals surface area contributed by atoms with Gasteiger partial charge in [0.15, 0.2) is 6.54 Å². The van der Waals surface area contributed by atoms with Gasteiger partial charge in [-0.25, -0.2) is 4.98 Å². The van der Waals surface area contributed by atoms with Gasteiger partial charge in [-0.3, -0.25) is 9.69 Å². The molecule has 3 aromatic rings. The maximum absolute atomic E-state index is 12.6. The van der Waals surface area contributed by atoms with E-state index in [1.54, 1.807) is 11.9 Å². The Labute approximate surface area is 148 Å². The van der Waals surface area contributed by atoms with Crippen molar-refractivity contribution in [1.82, 2.24) is 0 Å². The van der Waals surface area contributed by atoms with Crippen LogP contribution in [-0.2, 0) is 11.0 Å². The molecule has 1 heterocycles. The van der Waals surface area contributed by atoms with Crippen molar-refractivity contribution in [2.45, 2.75) is 6.18 Å². The zero-order chi connectivity index (χ0) is 18.7. The van der Waals surface area contributed by atoms with Crippen molar-refractivity contribution in [3.05, 3.63) is 66.4 Å². The van der Waals surface area contributed by atoms with E-state index in [-0.39, 0.29) is 12.5 Å². The maximum atomic E-state index is 12.6. The molecule has 0 unspecified atom stereocenters. The Morgan fingerprint density at radius 3 is 2.50 bits per heavy atom. The molecule has 0 fully saturated rings. The lowest BCUT2D eigenvalue weighted by Crippen LogP contribution is -2.33. The average Bonchev–Trinajstić information content (AvgIpc) is 2.61. The van der Waals surface area contributed by atoms with Gasteiger partial charge in [0.2, 0.25) is 0 Å². The molecule has 26 heavy (non-hydrogen) atoms. The number of hydrogen-bond acceptors (Lipinski definition) is 2. The van der Waals surface area contributed by atoms with E-state index in [2.05, 4.69) is 10.3 Å². The number of amides is 1. The van der Waals surface area contributed by atoms with Gasteiger partial charge in [0.25, 0.3) is 11.7 Å². The van der Waals surface area contributed by atoms with E-state index in [0.29, 0.717) is 11.5 Å². The van der Waals surface area contributed by atoms with Gasteiger partial charge in [-0.15, -0.1) is 0 Å². The quantitative estimate of drug-likeness (QED) is 0.770. The summed E-state index contributed by atoms with van der Waals surface area (Å²) in [7, 11) is 1.63.